The fourth-order valence-corrected chi connectivity index (χ4v) is 0.158. The summed E-state index contributed by atoms with van der Waals surface area (Å²) in [6.45, 7) is 3.20. The minimum Gasteiger partial charge on any atom is -0.173 e. The lowest BCUT2D eigenvalue weighted by Gasteiger charge is -1.97. The van der Waals surface area contributed by atoms with E-state index in [9.17, 15) is 0 Å². The SMILES string of the molecule is C=NN(C)/N=N\C. The van der Waals surface area contributed by atoms with E-state index in [1.807, 2.05) is 0 Å². The molecular formula is C3H8N4. The Balaban J connectivity index is 3.35. The van der Waals surface area contributed by atoms with Crippen LogP contribution < -0.4 is 0 Å². The molecule has 0 aromatic rings. The molecule has 0 rings (SSSR count). The van der Waals surface area contributed by atoms with Crippen molar-refractivity contribution in [2.24, 2.45) is 15.4 Å². The molecule has 0 fully saturated rings. The Morgan fingerprint density at radius 1 is 1.57 bits per heavy atom. The van der Waals surface area contributed by atoms with Crippen molar-refractivity contribution in [1.82, 2.24) is 5.12 Å². The summed E-state index contributed by atoms with van der Waals surface area (Å²) in [5.74, 6) is 0. The van der Waals surface area contributed by atoms with Gasteiger partial charge in [-0.15, -0.1) is 0 Å². The first-order chi connectivity index (χ1) is 3.31. The second kappa shape index (κ2) is 3.27. The van der Waals surface area contributed by atoms with Crippen molar-refractivity contribution >= 4 is 6.72 Å². The molecule has 0 aliphatic carbocycles. The van der Waals surface area contributed by atoms with E-state index in [1.54, 1.807) is 14.1 Å². The Kier molecular flexibility index (Phi) is 2.83. The van der Waals surface area contributed by atoms with Crippen molar-refractivity contribution in [3.8, 4) is 0 Å². The van der Waals surface area contributed by atoms with E-state index in [4.69, 9.17) is 0 Å². The lowest BCUT2D eigenvalue weighted by atomic mass is 11.4. The first-order valence-corrected chi connectivity index (χ1v) is 1.81. The first kappa shape index (κ1) is 6.07. The average Bonchev–Trinajstić information content (AvgIpc) is 1.68. The molecule has 4 nitrogen and oxygen atoms in total. The summed E-state index contributed by atoms with van der Waals surface area (Å²) < 4.78 is 0. The molecule has 0 aromatic carbocycles. The summed E-state index contributed by atoms with van der Waals surface area (Å²) in [6.07, 6.45) is 0. The number of rotatable bonds is 2. The third kappa shape index (κ3) is 2.88. The van der Waals surface area contributed by atoms with Crippen LogP contribution in [0.1, 0.15) is 0 Å². The molecule has 4 heteroatoms. The van der Waals surface area contributed by atoms with Crippen LogP contribution in [0, 0.1) is 0 Å². The molecule has 0 aliphatic heterocycles. The van der Waals surface area contributed by atoms with Gasteiger partial charge in [-0.25, -0.2) is 0 Å². The van der Waals surface area contributed by atoms with Gasteiger partial charge >= 0.3 is 0 Å². The van der Waals surface area contributed by atoms with E-state index in [1.165, 1.54) is 5.12 Å². The Morgan fingerprint density at radius 3 is 2.29 bits per heavy atom. The fraction of sp³-hybridized carbons (Fsp3) is 0.667. The molecule has 0 aliphatic rings. The van der Waals surface area contributed by atoms with Gasteiger partial charge in [-0.1, -0.05) is 5.22 Å². The highest BCUT2D eigenvalue weighted by Crippen LogP contribution is 1.79. The molecule has 0 unspecified atom stereocenters. The van der Waals surface area contributed by atoms with Crippen LogP contribution in [0.25, 0.3) is 0 Å². The van der Waals surface area contributed by atoms with Gasteiger partial charge in [0.05, 0.1) is 14.1 Å². The maximum absolute atomic E-state index is 3.47. The smallest absolute Gasteiger partial charge is 0.0513 e. The topological polar surface area (TPSA) is 40.3 Å². The molecule has 0 heterocycles. The molecular weight excluding hydrogens is 92.1 g/mol. The zero-order chi connectivity index (χ0) is 5.70. The largest absolute Gasteiger partial charge is 0.173 e. The van der Waals surface area contributed by atoms with Gasteiger partial charge in [0, 0.05) is 6.72 Å². The summed E-state index contributed by atoms with van der Waals surface area (Å²) >= 11 is 0. The second-order valence-electron chi connectivity index (χ2n) is 0.920. The van der Waals surface area contributed by atoms with Crippen LogP contribution in [0.5, 0.6) is 0 Å². The minimum atomic E-state index is 1.28. The Labute approximate surface area is 42.5 Å². The number of hydrogen-bond acceptors (Lipinski definition) is 3. The van der Waals surface area contributed by atoms with Crippen molar-refractivity contribution in [1.29, 1.82) is 0 Å². The van der Waals surface area contributed by atoms with E-state index in [-0.39, 0.29) is 0 Å². The molecule has 0 atom stereocenters. The lowest BCUT2D eigenvalue weighted by Crippen LogP contribution is -1.97. The average molecular weight is 100 g/mol. The molecule has 0 bridgehead atoms. The van der Waals surface area contributed by atoms with E-state index >= 15 is 0 Å². The molecule has 0 aromatic heterocycles. The predicted molar refractivity (Wildman–Crippen MR) is 28.1 cm³/mol. The Bertz CT molecular complexity index is 77.0. The van der Waals surface area contributed by atoms with Crippen LogP contribution in [0.4, 0.5) is 0 Å². The summed E-state index contributed by atoms with van der Waals surface area (Å²) in [4.78, 5) is 0. The van der Waals surface area contributed by atoms with Gasteiger partial charge in [-0.05, 0) is 0 Å². The Hall–Kier alpha value is -0.930. The van der Waals surface area contributed by atoms with E-state index in [0.29, 0.717) is 0 Å². The van der Waals surface area contributed by atoms with Crippen molar-refractivity contribution in [3.05, 3.63) is 0 Å². The van der Waals surface area contributed by atoms with E-state index in [2.05, 4.69) is 22.2 Å². The molecule has 0 radical (unpaired) electrons. The van der Waals surface area contributed by atoms with Crippen LogP contribution in [0.3, 0.4) is 0 Å². The Morgan fingerprint density at radius 2 is 2.14 bits per heavy atom. The molecule has 40 valence electrons. The fourth-order valence-electron chi connectivity index (χ4n) is 0.158. The van der Waals surface area contributed by atoms with Crippen molar-refractivity contribution in [3.63, 3.8) is 0 Å². The highest BCUT2D eigenvalue weighted by Gasteiger charge is 1.74. The van der Waals surface area contributed by atoms with Gasteiger partial charge in [0.1, 0.15) is 0 Å². The number of hydrogen-bond donors (Lipinski definition) is 0. The molecule has 7 heavy (non-hydrogen) atoms. The highest BCUT2D eigenvalue weighted by atomic mass is 15.7. The molecule has 0 saturated heterocycles. The maximum atomic E-state index is 3.47. The standard InChI is InChI=1S/C3H8N4/c1-4-6-7(3)5-2/h2H2,1,3H3/b6-4-. The van der Waals surface area contributed by atoms with Crippen molar-refractivity contribution in [2.75, 3.05) is 14.1 Å². The molecule has 0 spiro atoms. The molecule has 0 amide bonds. The number of hydrazone groups is 1. The normalized spacial score (nSPS) is 9.43. The first-order valence-electron chi connectivity index (χ1n) is 1.81. The summed E-state index contributed by atoms with van der Waals surface area (Å²) in [6, 6.07) is 0. The minimum absolute atomic E-state index is 1.28. The highest BCUT2D eigenvalue weighted by molar-refractivity contribution is 5.22. The van der Waals surface area contributed by atoms with E-state index in [0.717, 1.165) is 0 Å². The van der Waals surface area contributed by atoms with Crippen LogP contribution in [-0.4, -0.2) is 25.9 Å². The van der Waals surface area contributed by atoms with Gasteiger partial charge < -0.3 is 0 Å². The van der Waals surface area contributed by atoms with Crippen LogP contribution in [0.2, 0.25) is 0 Å². The number of nitrogens with zero attached hydrogens (tertiary/aromatic N) is 4. The summed E-state index contributed by atoms with van der Waals surface area (Å²) in [5, 5.41) is 11.6. The van der Waals surface area contributed by atoms with Gasteiger partial charge in [0.25, 0.3) is 0 Å². The third-order valence-electron chi connectivity index (χ3n) is 0.424. The molecule has 0 N–H and O–H groups in total. The van der Waals surface area contributed by atoms with Crippen LogP contribution >= 0.6 is 0 Å². The van der Waals surface area contributed by atoms with Gasteiger partial charge in [-0.2, -0.15) is 15.3 Å². The quantitative estimate of drug-likeness (QED) is 0.283. The summed E-state index contributed by atoms with van der Waals surface area (Å²) in [7, 11) is 3.22. The summed E-state index contributed by atoms with van der Waals surface area (Å²) in [5.41, 5.74) is 0. The van der Waals surface area contributed by atoms with E-state index < -0.39 is 0 Å². The second-order valence-corrected chi connectivity index (χ2v) is 0.920. The van der Waals surface area contributed by atoms with Gasteiger partial charge in [-0.3, -0.25) is 0 Å². The monoisotopic (exact) mass is 100 g/mol. The van der Waals surface area contributed by atoms with Crippen LogP contribution in [-0.2, 0) is 0 Å². The maximum Gasteiger partial charge on any atom is 0.0513 e. The van der Waals surface area contributed by atoms with Gasteiger partial charge in [0.15, 0.2) is 0 Å². The zero-order valence-electron chi connectivity index (χ0n) is 4.50. The van der Waals surface area contributed by atoms with Crippen molar-refractivity contribution < 1.29 is 0 Å². The van der Waals surface area contributed by atoms with Gasteiger partial charge in [0.2, 0.25) is 0 Å². The third-order valence-corrected chi connectivity index (χ3v) is 0.424. The zero-order valence-corrected chi connectivity index (χ0v) is 4.50. The van der Waals surface area contributed by atoms with Crippen molar-refractivity contribution in [2.45, 2.75) is 0 Å². The predicted octanol–water partition coefficient (Wildman–Crippen LogP) is 0.531. The lowest BCUT2D eigenvalue weighted by molar-refractivity contribution is 0.352. The molecule has 0 saturated carbocycles. The van der Waals surface area contributed by atoms with Crippen LogP contribution in [0.15, 0.2) is 15.4 Å².